The van der Waals surface area contributed by atoms with Gasteiger partial charge < -0.3 is 10.5 Å². The molecule has 1 rings (SSSR count). The largest absolute Gasteiger partial charge is 0.469 e. The Bertz CT molecular complexity index is 309. The Labute approximate surface area is 82.8 Å². The van der Waals surface area contributed by atoms with E-state index in [0.717, 1.165) is 12.2 Å². The minimum atomic E-state index is -0.343. The zero-order valence-electron chi connectivity index (χ0n) is 8.43. The van der Waals surface area contributed by atoms with Gasteiger partial charge in [0.2, 0.25) is 0 Å². The monoisotopic (exact) mass is 197 g/mol. The molecule has 0 spiro atoms. The molecular weight excluding hydrogens is 182 g/mol. The molecule has 1 atom stereocenters. The summed E-state index contributed by atoms with van der Waals surface area (Å²) in [5, 5.41) is 4.07. The second-order valence-corrected chi connectivity index (χ2v) is 2.96. The van der Waals surface area contributed by atoms with Crippen LogP contribution in [0.4, 0.5) is 0 Å². The zero-order valence-corrected chi connectivity index (χ0v) is 8.43. The number of nitrogens with two attached hydrogens (primary N) is 1. The third-order valence-corrected chi connectivity index (χ3v) is 2.04. The minimum Gasteiger partial charge on any atom is -0.469 e. The van der Waals surface area contributed by atoms with Crippen molar-refractivity contribution < 1.29 is 9.53 Å². The highest BCUT2D eigenvalue weighted by Crippen LogP contribution is 2.13. The van der Waals surface area contributed by atoms with Crippen molar-refractivity contribution in [2.45, 2.75) is 25.9 Å². The fourth-order valence-electron chi connectivity index (χ4n) is 1.29. The molecule has 0 fully saturated rings. The van der Waals surface area contributed by atoms with Crippen molar-refractivity contribution in [3.8, 4) is 0 Å². The lowest BCUT2D eigenvalue weighted by atomic mass is 10.1. The summed E-state index contributed by atoms with van der Waals surface area (Å²) in [6.07, 6.45) is 1.86. The van der Waals surface area contributed by atoms with Gasteiger partial charge in [0.05, 0.1) is 25.3 Å². The van der Waals surface area contributed by atoms with E-state index in [1.165, 1.54) is 7.11 Å². The van der Waals surface area contributed by atoms with E-state index in [-0.39, 0.29) is 18.4 Å². The van der Waals surface area contributed by atoms with Crippen LogP contribution in [-0.2, 0) is 16.1 Å². The highest BCUT2D eigenvalue weighted by Gasteiger charge is 2.15. The quantitative estimate of drug-likeness (QED) is 0.712. The zero-order chi connectivity index (χ0) is 10.6. The predicted octanol–water partition coefficient (Wildman–Crippen LogP) is 0.466. The molecule has 5 nitrogen and oxygen atoms in total. The lowest BCUT2D eigenvalue weighted by molar-refractivity contribution is -0.141. The Morgan fingerprint density at radius 1 is 1.79 bits per heavy atom. The summed E-state index contributed by atoms with van der Waals surface area (Å²) >= 11 is 0. The number of methoxy groups -OCH3 is 1. The molecule has 0 amide bonds. The molecule has 1 aromatic heterocycles. The molecule has 2 N–H and O–H groups in total. The average molecular weight is 197 g/mol. The van der Waals surface area contributed by atoms with Crippen molar-refractivity contribution in [2.24, 2.45) is 5.73 Å². The van der Waals surface area contributed by atoms with E-state index in [0.29, 0.717) is 0 Å². The molecule has 0 aliphatic rings. The number of hydrogen-bond donors (Lipinski definition) is 1. The van der Waals surface area contributed by atoms with E-state index < -0.39 is 0 Å². The van der Waals surface area contributed by atoms with Crippen molar-refractivity contribution >= 4 is 5.97 Å². The van der Waals surface area contributed by atoms with Gasteiger partial charge in [-0.2, -0.15) is 5.10 Å². The molecule has 0 unspecified atom stereocenters. The van der Waals surface area contributed by atoms with Crippen molar-refractivity contribution in [3.05, 3.63) is 18.0 Å². The van der Waals surface area contributed by atoms with Gasteiger partial charge in [0, 0.05) is 12.7 Å². The number of carbonyl (C=O) groups excluding carboxylic acids is 1. The van der Waals surface area contributed by atoms with E-state index in [9.17, 15) is 4.79 Å². The molecule has 0 saturated heterocycles. The Morgan fingerprint density at radius 2 is 2.50 bits per heavy atom. The van der Waals surface area contributed by atoms with Gasteiger partial charge in [-0.05, 0) is 13.0 Å². The number of nitrogens with zero attached hydrogens (tertiary/aromatic N) is 2. The summed E-state index contributed by atoms with van der Waals surface area (Å²) in [4.78, 5) is 11.0. The summed E-state index contributed by atoms with van der Waals surface area (Å²) in [5.74, 6) is -0.304. The van der Waals surface area contributed by atoms with Crippen LogP contribution < -0.4 is 5.73 Å². The van der Waals surface area contributed by atoms with E-state index in [1.54, 1.807) is 10.9 Å². The van der Waals surface area contributed by atoms with Gasteiger partial charge in [-0.1, -0.05) is 0 Å². The molecule has 1 heterocycles. The molecule has 1 aromatic rings. The van der Waals surface area contributed by atoms with Crippen LogP contribution in [0, 0.1) is 0 Å². The standard InChI is InChI=1S/C9H15N3O2/c1-3-12-8(4-5-11-12)7(10)6-9(13)14-2/h4-5,7H,3,6,10H2,1-2H3/t7-/m1/s1. The van der Waals surface area contributed by atoms with Crippen molar-refractivity contribution in [2.75, 3.05) is 7.11 Å². The number of aromatic nitrogens is 2. The van der Waals surface area contributed by atoms with Crippen molar-refractivity contribution in [1.29, 1.82) is 0 Å². The number of esters is 1. The molecule has 0 aromatic carbocycles. The molecule has 14 heavy (non-hydrogen) atoms. The van der Waals surface area contributed by atoms with Crippen LogP contribution in [0.1, 0.15) is 25.1 Å². The first-order valence-electron chi connectivity index (χ1n) is 4.53. The number of aryl methyl sites for hydroxylation is 1. The highest BCUT2D eigenvalue weighted by molar-refractivity contribution is 5.70. The number of hydrogen-bond acceptors (Lipinski definition) is 4. The van der Waals surface area contributed by atoms with Crippen LogP contribution in [-0.4, -0.2) is 22.9 Å². The Morgan fingerprint density at radius 3 is 3.07 bits per heavy atom. The number of rotatable bonds is 4. The third-order valence-electron chi connectivity index (χ3n) is 2.04. The highest BCUT2D eigenvalue weighted by atomic mass is 16.5. The van der Waals surface area contributed by atoms with E-state index >= 15 is 0 Å². The molecule has 0 saturated carbocycles. The van der Waals surface area contributed by atoms with Crippen LogP contribution in [0.15, 0.2) is 12.3 Å². The second-order valence-electron chi connectivity index (χ2n) is 2.96. The van der Waals surface area contributed by atoms with Gasteiger partial charge in [-0.3, -0.25) is 9.48 Å². The Balaban J connectivity index is 2.68. The lowest BCUT2D eigenvalue weighted by Gasteiger charge is -2.11. The van der Waals surface area contributed by atoms with Crippen LogP contribution in [0.2, 0.25) is 0 Å². The molecule has 0 radical (unpaired) electrons. The number of carbonyl (C=O) groups is 1. The van der Waals surface area contributed by atoms with Gasteiger partial charge in [-0.15, -0.1) is 0 Å². The smallest absolute Gasteiger partial charge is 0.307 e. The van der Waals surface area contributed by atoms with Gasteiger partial charge in [0.1, 0.15) is 0 Å². The topological polar surface area (TPSA) is 70.1 Å². The van der Waals surface area contributed by atoms with Gasteiger partial charge in [0.25, 0.3) is 0 Å². The molecular formula is C9H15N3O2. The van der Waals surface area contributed by atoms with Gasteiger partial charge >= 0.3 is 5.97 Å². The fraction of sp³-hybridized carbons (Fsp3) is 0.556. The molecule has 0 aliphatic heterocycles. The van der Waals surface area contributed by atoms with Gasteiger partial charge in [0.15, 0.2) is 0 Å². The first-order chi connectivity index (χ1) is 6.69. The predicted molar refractivity (Wildman–Crippen MR) is 51.5 cm³/mol. The summed E-state index contributed by atoms with van der Waals surface area (Å²) in [6.45, 7) is 2.72. The summed E-state index contributed by atoms with van der Waals surface area (Å²) in [5.41, 5.74) is 6.69. The van der Waals surface area contributed by atoms with Gasteiger partial charge in [-0.25, -0.2) is 0 Å². The van der Waals surface area contributed by atoms with Crippen LogP contribution >= 0.6 is 0 Å². The molecule has 78 valence electrons. The third kappa shape index (κ3) is 2.32. The van der Waals surface area contributed by atoms with Crippen molar-refractivity contribution in [3.63, 3.8) is 0 Å². The van der Waals surface area contributed by atoms with E-state index in [4.69, 9.17) is 5.73 Å². The van der Waals surface area contributed by atoms with Crippen LogP contribution in [0.25, 0.3) is 0 Å². The lowest BCUT2D eigenvalue weighted by Crippen LogP contribution is -2.19. The fourth-order valence-corrected chi connectivity index (χ4v) is 1.29. The normalized spacial score (nSPS) is 12.5. The summed E-state index contributed by atoms with van der Waals surface area (Å²) < 4.78 is 6.32. The molecule has 0 bridgehead atoms. The first-order valence-corrected chi connectivity index (χ1v) is 4.53. The molecule has 5 heteroatoms. The summed E-state index contributed by atoms with van der Waals surface area (Å²) in [6, 6.07) is 1.47. The van der Waals surface area contributed by atoms with Crippen LogP contribution in [0.5, 0.6) is 0 Å². The minimum absolute atomic E-state index is 0.183. The average Bonchev–Trinajstić information content (AvgIpc) is 2.65. The number of ether oxygens (including phenoxy) is 1. The maximum Gasteiger partial charge on any atom is 0.307 e. The molecule has 0 aliphatic carbocycles. The van der Waals surface area contributed by atoms with Crippen LogP contribution in [0.3, 0.4) is 0 Å². The second kappa shape index (κ2) is 4.76. The maximum atomic E-state index is 11.0. The van der Waals surface area contributed by atoms with Crippen molar-refractivity contribution in [1.82, 2.24) is 9.78 Å². The Kier molecular flexibility index (Phi) is 3.64. The maximum absolute atomic E-state index is 11.0. The van der Waals surface area contributed by atoms with E-state index in [1.807, 2.05) is 13.0 Å². The van der Waals surface area contributed by atoms with E-state index in [2.05, 4.69) is 9.84 Å². The summed E-state index contributed by atoms with van der Waals surface area (Å²) in [7, 11) is 1.35. The SMILES string of the molecule is CCn1nccc1[C@H](N)CC(=O)OC. The Hall–Kier alpha value is -1.36. The first kappa shape index (κ1) is 10.7.